The highest BCUT2D eigenvalue weighted by Crippen LogP contribution is 2.29. The first-order valence-corrected chi connectivity index (χ1v) is 15.8. The molecule has 0 saturated carbocycles. The van der Waals surface area contributed by atoms with Gasteiger partial charge in [0.2, 0.25) is 5.91 Å². The van der Waals surface area contributed by atoms with Gasteiger partial charge in [0.25, 0.3) is 0 Å². The van der Waals surface area contributed by atoms with E-state index in [-0.39, 0.29) is 18.5 Å². The van der Waals surface area contributed by atoms with Gasteiger partial charge in [-0.15, -0.1) is 0 Å². The van der Waals surface area contributed by atoms with Gasteiger partial charge in [0.1, 0.15) is 6.61 Å². The number of halogens is 1. The summed E-state index contributed by atoms with van der Waals surface area (Å²) in [4.78, 5) is 37.0. The topological polar surface area (TPSA) is 90.0 Å². The van der Waals surface area contributed by atoms with Crippen molar-refractivity contribution in [2.24, 2.45) is 0 Å². The molecule has 0 radical (unpaired) electrons. The van der Waals surface area contributed by atoms with Crippen LogP contribution in [0.2, 0.25) is 5.02 Å². The number of carbonyl (C=O) groups excluding carboxylic acids is 2. The SMILES string of the molecule is CN1CCN(CCCCC(=O)OCc2cc(NC(=O)CN3CCCCC3)cc(Nc3ccnc4cc(Cl)ccc34)c2)CC1. The summed E-state index contributed by atoms with van der Waals surface area (Å²) >= 11 is 6.18. The predicted molar refractivity (Wildman–Crippen MR) is 173 cm³/mol. The number of anilines is 3. The number of amides is 1. The number of unbranched alkanes of at least 4 members (excludes halogenated alkanes) is 1. The molecule has 0 unspecified atom stereocenters. The number of rotatable bonds is 12. The monoisotopic (exact) mass is 606 g/mol. The Bertz CT molecular complexity index is 1390. The first kappa shape index (κ1) is 31.2. The summed E-state index contributed by atoms with van der Waals surface area (Å²) in [6.07, 6.45) is 7.40. The number of carbonyl (C=O) groups is 2. The van der Waals surface area contributed by atoms with E-state index in [0.29, 0.717) is 23.7 Å². The molecule has 43 heavy (non-hydrogen) atoms. The molecule has 2 aliphatic rings. The fraction of sp³-hybridized carbons (Fsp3) is 0.485. The molecule has 0 atom stereocenters. The predicted octanol–water partition coefficient (Wildman–Crippen LogP) is 5.52. The number of hydrogen-bond acceptors (Lipinski definition) is 8. The first-order chi connectivity index (χ1) is 20.9. The maximum absolute atomic E-state index is 12.9. The summed E-state index contributed by atoms with van der Waals surface area (Å²) in [6.45, 7) is 7.79. The number of benzene rings is 2. The number of ether oxygens (including phenoxy) is 1. The maximum Gasteiger partial charge on any atom is 0.306 e. The minimum Gasteiger partial charge on any atom is -0.461 e. The Kier molecular flexibility index (Phi) is 11.2. The number of piperidine rings is 1. The van der Waals surface area contributed by atoms with E-state index in [0.717, 1.165) is 99.3 Å². The number of nitrogens with one attached hydrogen (secondary N) is 2. The molecule has 3 aromatic rings. The van der Waals surface area contributed by atoms with Crippen LogP contribution in [0.5, 0.6) is 0 Å². The van der Waals surface area contributed by atoms with Gasteiger partial charge in [-0.25, -0.2) is 0 Å². The second-order valence-electron chi connectivity index (χ2n) is 11.7. The fourth-order valence-corrected chi connectivity index (χ4v) is 5.91. The molecule has 0 spiro atoms. The third-order valence-electron chi connectivity index (χ3n) is 8.18. The highest BCUT2D eigenvalue weighted by Gasteiger charge is 2.16. The van der Waals surface area contributed by atoms with Gasteiger partial charge >= 0.3 is 5.97 Å². The zero-order valence-corrected chi connectivity index (χ0v) is 25.9. The highest BCUT2D eigenvalue weighted by molar-refractivity contribution is 6.31. The van der Waals surface area contributed by atoms with E-state index in [1.54, 1.807) is 6.20 Å². The average molecular weight is 607 g/mol. The van der Waals surface area contributed by atoms with Crippen molar-refractivity contribution >= 4 is 51.4 Å². The third kappa shape index (κ3) is 9.63. The summed E-state index contributed by atoms with van der Waals surface area (Å²) in [7, 11) is 2.16. The van der Waals surface area contributed by atoms with E-state index < -0.39 is 0 Å². The lowest BCUT2D eigenvalue weighted by molar-refractivity contribution is -0.145. The van der Waals surface area contributed by atoms with Crippen LogP contribution in [0.1, 0.15) is 44.1 Å². The molecule has 2 aromatic carbocycles. The van der Waals surface area contributed by atoms with Gasteiger partial charge in [-0.2, -0.15) is 0 Å². The number of pyridine rings is 1. The number of esters is 1. The van der Waals surface area contributed by atoms with Gasteiger partial charge in [0.05, 0.1) is 12.1 Å². The van der Waals surface area contributed by atoms with E-state index in [9.17, 15) is 9.59 Å². The molecule has 1 aromatic heterocycles. The Labute approximate surface area is 259 Å². The van der Waals surface area contributed by atoms with Crippen molar-refractivity contribution in [2.75, 3.05) is 70.0 Å². The molecule has 2 aliphatic heterocycles. The van der Waals surface area contributed by atoms with E-state index in [1.165, 1.54) is 6.42 Å². The van der Waals surface area contributed by atoms with E-state index in [2.05, 4.69) is 37.4 Å². The first-order valence-electron chi connectivity index (χ1n) is 15.5. The summed E-state index contributed by atoms with van der Waals surface area (Å²) in [5, 5.41) is 8.09. The molecule has 0 bridgehead atoms. The van der Waals surface area contributed by atoms with Crippen LogP contribution in [0.3, 0.4) is 0 Å². The molecule has 230 valence electrons. The fourth-order valence-electron chi connectivity index (χ4n) is 5.74. The smallest absolute Gasteiger partial charge is 0.306 e. The average Bonchev–Trinajstić information content (AvgIpc) is 2.99. The van der Waals surface area contributed by atoms with Crippen LogP contribution in [0.15, 0.2) is 48.7 Å². The molecule has 10 heteroatoms. The number of likely N-dealkylation sites (N-methyl/N-ethyl adjacent to an activating group) is 1. The van der Waals surface area contributed by atoms with Crippen molar-refractivity contribution in [1.82, 2.24) is 19.7 Å². The van der Waals surface area contributed by atoms with Crippen LogP contribution < -0.4 is 10.6 Å². The third-order valence-corrected chi connectivity index (χ3v) is 8.41. The summed E-state index contributed by atoms with van der Waals surface area (Å²) in [5.41, 5.74) is 3.88. The summed E-state index contributed by atoms with van der Waals surface area (Å²) in [6, 6.07) is 13.2. The molecule has 2 N–H and O–H groups in total. The zero-order chi connectivity index (χ0) is 30.0. The lowest BCUT2D eigenvalue weighted by Gasteiger charge is -2.32. The van der Waals surface area contributed by atoms with Crippen molar-refractivity contribution in [2.45, 2.75) is 45.1 Å². The Morgan fingerprint density at radius 2 is 1.70 bits per heavy atom. The van der Waals surface area contributed by atoms with Gasteiger partial charge in [-0.05, 0) is 100 Å². The van der Waals surface area contributed by atoms with Crippen molar-refractivity contribution in [3.05, 3.63) is 59.2 Å². The minimum atomic E-state index is -0.204. The second kappa shape index (κ2) is 15.5. The quantitative estimate of drug-likeness (QED) is 0.206. The largest absolute Gasteiger partial charge is 0.461 e. The lowest BCUT2D eigenvalue weighted by atomic mass is 10.1. The number of aromatic nitrogens is 1. The number of fused-ring (bicyclic) bond motifs is 1. The van der Waals surface area contributed by atoms with Gasteiger partial charge in [0, 0.05) is 66.3 Å². The van der Waals surface area contributed by atoms with E-state index in [4.69, 9.17) is 16.3 Å². The molecule has 1 amide bonds. The molecule has 2 fully saturated rings. The second-order valence-corrected chi connectivity index (χ2v) is 12.1. The van der Waals surface area contributed by atoms with E-state index >= 15 is 0 Å². The van der Waals surface area contributed by atoms with Crippen molar-refractivity contribution < 1.29 is 14.3 Å². The zero-order valence-electron chi connectivity index (χ0n) is 25.1. The van der Waals surface area contributed by atoms with Crippen molar-refractivity contribution in [3.63, 3.8) is 0 Å². The van der Waals surface area contributed by atoms with Crippen LogP contribution >= 0.6 is 11.6 Å². The van der Waals surface area contributed by atoms with Crippen LogP contribution in [-0.4, -0.2) is 91.0 Å². The van der Waals surface area contributed by atoms with Gasteiger partial charge in [-0.3, -0.25) is 19.5 Å². The Balaban J connectivity index is 1.22. The van der Waals surface area contributed by atoms with Crippen LogP contribution in [-0.2, 0) is 20.9 Å². The molecular weight excluding hydrogens is 564 g/mol. The van der Waals surface area contributed by atoms with E-state index in [1.807, 2.05) is 42.5 Å². The minimum absolute atomic E-state index is 0.0497. The van der Waals surface area contributed by atoms with Crippen LogP contribution in [0.25, 0.3) is 10.9 Å². The number of hydrogen-bond donors (Lipinski definition) is 2. The lowest BCUT2D eigenvalue weighted by Crippen LogP contribution is -2.44. The molecule has 3 heterocycles. The molecular formula is C33H43ClN6O3. The molecule has 5 rings (SSSR count). The molecule has 9 nitrogen and oxygen atoms in total. The van der Waals surface area contributed by atoms with Crippen LogP contribution in [0.4, 0.5) is 17.1 Å². The summed E-state index contributed by atoms with van der Waals surface area (Å²) < 4.78 is 5.67. The normalized spacial score (nSPS) is 16.7. The Hall–Kier alpha value is -3.24. The number of nitrogens with zero attached hydrogens (tertiary/aromatic N) is 4. The highest BCUT2D eigenvalue weighted by atomic mass is 35.5. The van der Waals surface area contributed by atoms with Crippen molar-refractivity contribution in [3.8, 4) is 0 Å². The Morgan fingerprint density at radius 3 is 2.51 bits per heavy atom. The van der Waals surface area contributed by atoms with Crippen LogP contribution in [0, 0.1) is 0 Å². The maximum atomic E-state index is 12.9. The van der Waals surface area contributed by atoms with Crippen molar-refractivity contribution in [1.29, 1.82) is 0 Å². The van der Waals surface area contributed by atoms with Gasteiger partial charge in [-0.1, -0.05) is 18.0 Å². The number of likely N-dealkylation sites (tertiary alicyclic amines) is 1. The van der Waals surface area contributed by atoms with Gasteiger partial charge < -0.3 is 25.2 Å². The standard InChI is InChI=1S/C33H43ClN6O3/c1-38-15-17-39(18-16-38)12-6-3-7-33(42)43-24-25-19-27(36-30-10-11-35-31-21-26(34)8-9-29(30)31)22-28(20-25)37-32(41)23-40-13-4-2-5-14-40/h8-11,19-22H,2-7,12-18,23-24H2,1H3,(H,35,36)(H,37,41). The van der Waals surface area contributed by atoms with Gasteiger partial charge in [0.15, 0.2) is 0 Å². The number of piperazine rings is 1. The Morgan fingerprint density at radius 1 is 0.907 bits per heavy atom. The molecule has 2 saturated heterocycles. The summed E-state index contributed by atoms with van der Waals surface area (Å²) in [5.74, 6) is -0.254. The molecule has 0 aliphatic carbocycles.